The van der Waals surface area contributed by atoms with E-state index in [0.717, 1.165) is 24.5 Å². The van der Waals surface area contributed by atoms with E-state index in [1.807, 2.05) is 18.3 Å². The Kier molecular flexibility index (Phi) is 8.93. The van der Waals surface area contributed by atoms with Crippen molar-refractivity contribution in [2.24, 2.45) is 11.1 Å². The van der Waals surface area contributed by atoms with Gasteiger partial charge in [-0.3, -0.25) is 4.79 Å². The first-order valence-electron chi connectivity index (χ1n) is 8.49. The molecule has 3 N–H and O–H groups in total. The van der Waals surface area contributed by atoms with E-state index >= 15 is 0 Å². The number of halogens is 2. The van der Waals surface area contributed by atoms with Gasteiger partial charge in [0.05, 0.1) is 5.41 Å². The second kappa shape index (κ2) is 10.2. The van der Waals surface area contributed by atoms with Gasteiger partial charge in [0.15, 0.2) is 0 Å². The first kappa shape index (κ1) is 22.0. The van der Waals surface area contributed by atoms with Gasteiger partial charge in [-0.25, -0.2) is 4.98 Å². The standard InChI is InChI=1S/C17H26N4O2.2ClH/c18-13-17(5-9-23-10-6-17)16(22)20-12-14-3-4-15(19-11-14)21-7-1-2-8-21;;/h3-4,11H,1-2,5-10,12-13,18H2,(H,20,22);2*1H. The zero-order valence-corrected chi connectivity index (χ0v) is 16.0. The Balaban J connectivity index is 0.00000156. The molecule has 2 saturated heterocycles. The summed E-state index contributed by atoms with van der Waals surface area (Å²) >= 11 is 0. The molecule has 8 heteroatoms. The third-order valence-corrected chi connectivity index (χ3v) is 5.01. The van der Waals surface area contributed by atoms with Crippen molar-refractivity contribution in [1.29, 1.82) is 0 Å². The zero-order chi connectivity index (χ0) is 16.1. The average Bonchev–Trinajstić information content (AvgIpc) is 3.15. The number of pyridine rings is 1. The van der Waals surface area contributed by atoms with E-state index in [4.69, 9.17) is 10.5 Å². The second-order valence-electron chi connectivity index (χ2n) is 6.50. The molecule has 0 spiro atoms. The van der Waals surface area contributed by atoms with E-state index in [1.54, 1.807) is 0 Å². The smallest absolute Gasteiger partial charge is 0.227 e. The van der Waals surface area contributed by atoms with E-state index in [1.165, 1.54) is 12.8 Å². The monoisotopic (exact) mass is 390 g/mol. The van der Waals surface area contributed by atoms with Gasteiger partial charge in [-0.05, 0) is 37.3 Å². The van der Waals surface area contributed by atoms with E-state index in [-0.39, 0.29) is 30.7 Å². The van der Waals surface area contributed by atoms with Crippen molar-refractivity contribution in [3.8, 4) is 0 Å². The van der Waals surface area contributed by atoms with Gasteiger partial charge >= 0.3 is 0 Å². The third-order valence-electron chi connectivity index (χ3n) is 5.01. The number of hydrogen-bond donors (Lipinski definition) is 2. The quantitative estimate of drug-likeness (QED) is 0.802. The molecule has 25 heavy (non-hydrogen) atoms. The van der Waals surface area contributed by atoms with Crippen LogP contribution in [0.4, 0.5) is 5.82 Å². The highest BCUT2D eigenvalue weighted by Gasteiger charge is 2.38. The summed E-state index contributed by atoms with van der Waals surface area (Å²) in [6.45, 7) is 4.25. The highest BCUT2D eigenvalue weighted by Crippen LogP contribution is 2.29. The molecule has 142 valence electrons. The maximum absolute atomic E-state index is 12.5. The molecule has 0 aliphatic carbocycles. The highest BCUT2D eigenvalue weighted by molar-refractivity contribution is 5.85. The van der Waals surface area contributed by atoms with Crippen LogP contribution in [0.25, 0.3) is 0 Å². The van der Waals surface area contributed by atoms with E-state index < -0.39 is 5.41 Å². The maximum Gasteiger partial charge on any atom is 0.227 e. The Bertz CT molecular complexity index is 530. The van der Waals surface area contributed by atoms with Gasteiger partial charge in [0.2, 0.25) is 5.91 Å². The number of carbonyl (C=O) groups is 1. The van der Waals surface area contributed by atoms with Crippen LogP contribution in [0.3, 0.4) is 0 Å². The minimum atomic E-state index is -0.471. The van der Waals surface area contributed by atoms with Crippen LogP contribution >= 0.6 is 24.8 Å². The number of nitrogens with zero attached hydrogens (tertiary/aromatic N) is 2. The zero-order valence-electron chi connectivity index (χ0n) is 14.4. The first-order chi connectivity index (χ1) is 11.2. The lowest BCUT2D eigenvalue weighted by Crippen LogP contribution is -2.48. The first-order valence-corrected chi connectivity index (χ1v) is 8.49. The van der Waals surface area contributed by atoms with Crippen LogP contribution in [0.15, 0.2) is 18.3 Å². The molecule has 1 aromatic rings. The number of carbonyl (C=O) groups excluding carboxylic acids is 1. The molecule has 6 nitrogen and oxygen atoms in total. The van der Waals surface area contributed by atoms with Crippen molar-refractivity contribution in [3.63, 3.8) is 0 Å². The van der Waals surface area contributed by atoms with Gasteiger partial charge in [-0.2, -0.15) is 0 Å². The van der Waals surface area contributed by atoms with Crippen molar-refractivity contribution in [1.82, 2.24) is 10.3 Å². The lowest BCUT2D eigenvalue weighted by atomic mass is 9.79. The van der Waals surface area contributed by atoms with Crippen LogP contribution in [-0.4, -0.2) is 43.7 Å². The fourth-order valence-corrected chi connectivity index (χ4v) is 3.31. The molecule has 2 aliphatic heterocycles. The molecule has 0 atom stereocenters. The minimum absolute atomic E-state index is 0. The van der Waals surface area contributed by atoms with Crippen molar-refractivity contribution in [2.45, 2.75) is 32.2 Å². The van der Waals surface area contributed by atoms with Crippen LogP contribution in [0, 0.1) is 5.41 Å². The maximum atomic E-state index is 12.5. The Morgan fingerprint density at radius 1 is 1.24 bits per heavy atom. The molecule has 0 radical (unpaired) electrons. The van der Waals surface area contributed by atoms with Crippen molar-refractivity contribution in [2.75, 3.05) is 37.7 Å². The van der Waals surface area contributed by atoms with Crippen LogP contribution in [0.5, 0.6) is 0 Å². The lowest BCUT2D eigenvalue weighted by Gasteiger charge is -2.34. The topological polar surface area (TPSA) is 80.5 Å². The molecular formula is C17H28Cl2N4O2. The summed E-state index contributed by atoms with van der Waals surface area (Å²) in [7, 11) is 0. The Hall–Kier alpha value is -1.08. The Morgan fingerprint density at radius 3 is 2.48 bits per heavy atom. The van der Waals surface area contributed by atoms with E-state index in [2.05, 4.69) is 15.2 Å². The predicted octanol–water partition coefficient (Wildman–Crippen LogP) is 1.90. The van der Waals surface area contributed by atoms with Gasteiger partial charge in [0.1, 0.15) is 5.82 Å². The van der Waals surface area contributed by atoms with Crippen LogP contribution in [-0.2, 0) is 16.1 Å². The molecule has 0 saturated carbocycles. The van der Waals surface area contributed by atoms with Gasteiger partial charge in [0, 0.05) is 45.6 Å². The SMILES string of the molecule is Cl.Cl.NCC1(C(=O)NCc2ccc(N3CCCC3)nc2)CCOCC1. The highest BCUT2D eigenvalue weighted by atomic mass is 35.5. The largest absolute Gasteiger partial charge is 0.381 e. The van der Waals surface area contributed by atoms with Gasteiger partial charge in [-0.15, -0.1) is 24.8 Å². The molecule has 0 bridgehead atoms. The summed E-state index contributed by atoms with van der Waals surface area (Å²) in [6.07, 6.45) is 5.73. The van der Waals surface area contributed by atoms with E-state index in [0.29, 0.717) is 39.1 Å². The average molecular weight is 391 g/mol. The molecular weight excluding hydrogens is 363 g/mol. The van der Waals surface area contributed by atoms with Crippen LogP contribution < -0.4 is 16.0 Å². The predicted molar refractivity (Wildman–Crippen MR) is 104 cm³/mol. The van der Waals surface area contributed by atoms with E-state index in [9.17, 15) is 4.79 Å². The Morgan fingerprint density at radius 2 is 1.92 bits per heavy atom. The summed E-state index contributed by atoms with van der Waals surface area (Å²) in [5, 5.41) is 3.02. The third kappa shape index (κ3) is 5.20. The number of nitrogens with two attached hydrogens (primary N) is 1. The van der Waals surface area contributed by atoms with Gasteiger partial charge in [0.25, 0.3) is 0 Å². The number of aromatic nitrogens is 1. The second-order valence-corrected chi connectivity index (χ2v) is 6.50. The summed E-state index contributed by atoms with van der Waals surface area (Å²) in [6, 6.07) is 4.08. The number of ether oxygens (including phenoxy) is 1. The number of anilines is 1. The minimum Gasteiger partial charge on any atom is -0.381 e. The number of hydrogen-bond acceptors (Lipinski definition) is 5. The number of amides is 1. The van der Waals surface area contributed by atoms with Crippen molar-refractivity contribution in [3.05, 3.63) is 23.9 Å². The molecule has 3 rings (SSSR count). The normalized spacial score (nSPS) is 18.8. The fourth-order valence-electron chi connectivity index (χ4n) is 3.31. The number of nitrogens with one attached hydrogen (secondary N) is 1. The van der Waals surface area contributed by atoms with Crippen LogP contribution in [0.2, 0.25) is 0 Å². The lowest BCUT2D eigenvalue weighted by molar-refractivity contribution is -0.136. The molecule has 0 aromatic carbocycles. The summed E-state index contributed by atoms with van der Waals surface area (Å²) in [5.74, 6) is 1.06. The molecule has 2 aliphatic rings. The summed E-state index contributed by atoms with van der Waals surface area (Å²) < 4.78 is 5.35. The van der Waals surface area contributed by atoms with Crippen molar-refractivity contribution < 1.29 is 9.53 Å². The summed E-state index contributed by atoms with van der Waals surface area (Å²) in [5.41, 5.74) is 6.41. The summed E-state index contributed by atoms with van der Waals surface area (Å²) in [4.78, 5) is 19.3. The number of rotatable bonds is 5. The van der Waals surface area contributed by atoms with Gasteiger partial charge in [-0.1, -0.05) is 6.07 Å². The molecule has 3 heterocycles. The van der Waals surface area contributed by atoms with Crippen molar-refractivity contribution >= 4 is 36.5 Å². The molecule has 1 aromatic heterocycles. The fraction of sp³-hybridized carbons (Fsp3) is 0.647. The molecule has 2 fully saturated rings. The molecule has 1 amide bonds. The van der Waals surface area contributed by atoms with Crippen LogP contribution in [0.1, 0.15) is 31.2 Å². The molecule has 0 unspecified atom stereocenters. The Labute approximate surface area is 161 Å². The van der Waals surface area contributed by atoms with Gasteiger partial charge < -0.3 is 20.7 Å².